The van der Waals surface area contributed by atoms with Crippen molar-refractivity contribution in [3.8, 4) is 0 Å². The highest BCUT2D eigenvalue weighted by atomic mass is 16.1. The minimum absolute atomic E-state index is 0.490. The summed E-state index contributed by atoms with van der Waals surface area (Å²) >= 11 is 0. The van der Waals surface area contributed by atoms with Crippen LogP contribution in [0.1, 0.15) is 38.5 Å². The van der Waals surface area contributed by atoms with E-state index in [4.69, 9.17) is 0 Å². The van der Waals surface area contributed by atoms with E-state index in [2.05, 4.69) is 11.9 Å². The molecule has 0 atom stereocenters. The minimum Gasteiger partial charge on any atom is -0.306 e. The van der Waals surface area contributed by atoms with Gasteiger partial charge in [-0.15, -0.1) is 0 Å². The van der Waals surface area contributed by atoms with Crippen molar-refractivity contribution in [1.82, 2.24) is 4.90 Å². The van der Waals surface area contributed by atoms with Crippen LogP contribution in [0.25, 0.3) is 0 Å². The molecule has 2 heteroatoms. The molecule has 2 fully saturated rings. The Kier molecular flexibility index (Phi) is 2.41. The van der Waals surface area contributed by atoms with Crippen LogP contribution >= 0.6 is 0 Å². The van der Waals surface area contributed by atoms with Crippen LogP contribution in [0, 0.1) is 5.41 Å². The highest BCUT2D eigenvalue weighted by Gasteiger charge is 2.36. The Balaban J connectivity index is 1.94. The molecule has 1 aliphatic heterocycles. The third-order valence-electron chi connectivity index (χ3n) is 3.92. The van der Waals surface area contributed by atoms with Gasteiger partial charge >= 0.3 is 0 Å². The largest absolute Gasteiger partial charge is 0.306 e. The molecular weight excluding hydrogens is 162 g/mol. The molecule has 0 aromatic carbocycles. The summed E-state index contributed by atoms with van der Waals surface area (Å²) in [5.41, 5.74) is 0.556. The van der Waals surface area contributed by atoms with Crippen molar-refractivity contribution in [3.63, 3.8) is 0 Å². The van der Waals surface area contributed by atoms with E-state index in [1.807, 2.05) is 0 Å². The molecule has 1 heterocycles. The molecule has 1 saturated carbocycles. The first-order valence-corrected chi connectivity index (χ1v) is 5.41. The first-order valence-electron chi connectivity index (χ1n) is 5.41. The summed E-state index contributed by atoms with van der Waals surface area (Å²) in [7, 11) is 2.20. The average molecular weight is 181 g/mol. The van der Waals surface area contributed by atoms with E-state index in [1.165, 1.54) is 38.8 Å². The molecule has 0 bridgehead atoms. The Labute approximate surface area is 80.3 Å². The molecule has 0 unspecified atom stereocenters. The third kappa shape index (κ3) is 1.93. The van der Waals surface area contributed by atoms with E-state index in [9.17, 15) is 4.79 Å². The molecule has 13 heavy (non-hydrogen) atoms. The van der Waals surface area contributed by atoms with Crippen LogP contribution < -0.4 is 0 Å². The number of piperidine rings is 1. The lowest BCUT2D eigenvalue weighted by Gasteiger charge is -2.42. The number of rotatable bonds is 0. The summed E-state index contributed by atoms with van der Waals surface area (Å²) in [5.74, 6) is 0.490. The molecule has 1 saturated heterocycles. The van der Waals surface area contributed by atoms with Crippen LogP contribution in [0.3, 0.4) is 0 Å². The van der Waals surface area contributed by atoms with Gasteiger partial charge in [0.05, 0.1) is 0 Å². The molecule has 2 nitrogen and oxygen atoms in total. The summed E-state index contributed by atoms with van der Waals surface area (Å²) in [5, 5.41) is 0. The smallest absolute Gasteiger partial charge is 0.132 e. The lowest BCUT2D eigenvalue weighted by atomic mass is 9.68. The van der Waals surface area contributed by atoms with E-state index in [1.54, 1.807) is 0 Å². The molecular formula is C11H19NO. The zero-order valence-electron chi connectivity index (χ0n) is 8.51. The summed E-state index contributed by atoms with van der Waals surface area (Å²) in [4.78, 5) is 13.5. The van der Waals surface area contributed by atoms with Crippen molar-refractivity contribution in [2.24, 2.45) is 5.41 Å². The van der Waals surface area contributed by atoms with Gasteiger partial charge in [0.25, 0.3) is 0 Å². The maximum Gasteiger partial charge on any atom is 0.132 e. The van der Waals surface area contributed by atoms with Gasteiger partial charge in [-0.3, -0.25) is 4.79 Å². The number of hydrogen-bond acceptors (Lipinski definition) is 2. The van der Waals surface area contributed by atoms with Crippen molar-refractivity contribution >= 4 is 5.78 Å². The summed E-state index contributed by atoms with van der Waals surface area (Å²) in [6, 6.07) is 0. The average Bonchev–Trinajstić information content (AvgIpc) is 2.16. The van der Waals surface area contributed by atoms with Gasteiger partial charge in [-0.05, 0) is 51.2 Å². The SMILES string of the molecule is CN1CCC2(CCC(=O)CC2)CC1. The summed E-state index contributed by atoms with van der Waals surface area (Å²) in [6.07, 6.45) is 6.67. The summed E-state index contributed by atoms with van der Waals surface area (Å²) in [6.45, 7) is 2.46. The Morgan fingerprint density at radius 3 is 2.15 bits per heavy atom. The van der Waals surface area contributed by atoms with Gasteiger partial charge in [-0.25, -0.2) is 0 Å². The number of Topliss-reactive ketones (excluding diaryl/α,β-unsaturated/α-hetero) is 1. The van der Waals surface area contributed by atoms with Crippen molar-refractivity contribution in [3.05, 3.63) is 0 Å². The number of hydrogen-bond donors (Lipinski definition) is 0. The van der Waals surface area contributed by atoms with Gasteiger partial charge in [-0.2, -0.15) is 0 Å². The Morgan fingerprint density at radius 1 is 1.08 bits per heavy atom. The molecule has 2 aliphatic rings. The third-order valence-corrected chi connectivity index (χ3v) is 3.92. The van der Waals surface area contributed by atoms with Crippen LogP contribution in [0.4, 0.5) is 0 Å². The lowest BCUT2D eigenvalue weighted by molar-refractivity contribution is -0.123. The topological polar surface area (TPSA) is 20.3 Å². The zero-order chi connectivity index (χ0) is 9.31. The predicted octanol–water partition coefficient (Wildman–Crippen LogP) is 1.84. The van der Waals surface area contributed by atoms with Crippen LogP contribution in [0.5, 0.6) is 0 Å². The van der Waals surface area contributed by atoms with Crippen LogP contribution in [0.2, 0.25) is 0 Å². The zero-order valence-corrected chi connectivity index (χ0v) is 8.51. The van der Waals surface area contributed by atoms with Crippen molar-refractivity contribution in [2.75, 3.05) is 20.1 Å². The highest BCUT2D eigenvalue weighted by Crippen LogP contribution is 2.43. The number of ketones is 1. The predicted molar refractivity (Wildman–Crippen MR) is 52.6 cm³/mol. The van der Waals surface area contributed by atoms with E-state index in [-0.39, 0.29) is 0 Å². The Bertz CT molecular complexity index is 192. The fraction of sp³-hybridized carbons (Fsp3) is 0.909. The van der Waals surface area contributed by atoms with Gasteiger partial charge in [0.2, 0.25) is 0 Å². The van der Waals surface area contributed by atoms with E-state index >= 15 is 0 Å². The first-order chi connectivity index (χ1) is 6.20. The van der Waals surface area contributed by atoms with Gasteiger partial charge in [0.1, 0.15) is 5.78 Å². The normalized spacial score (nSPS) is 29.5. The van der Waals surface area contributed by atoms with Gasteiger partial charge in [0.15, 0.2) is 0 Å². The molecule has 0 radical (unpaired) electrons. The molecule has 2 rings (SSSR count). The van der Waals surface area contributed by atoms with E-state index in [0.717, 1.165) is 12.8 Å². The molecule has 74 valence electrons. The second-order valence-corrected chi connectivity index (χ2v) is 4.84. The second kappa shape index (κ2) is 3.41. The molecule has 1 spiro atoms. The Morgan fingerprint density at radius 2 is 1.62 bits per heavy atom. The number of likely N-dealkylation sites (tertiary alicyclic amines) is 1. The number of carbonyl (C=O) groups is 1. The molecule has 1 aliphatic carbocycles. The van der Waals surface area contributed by atoms with Gasteiger partial charge in [0, 0.05) is 12.8 Å². The van der Waals surface area contributed by atoms with Crippen LogP contribution in [-0.2, 0) is 4.79 Å². The van der Waals surface area contributed by atoms with Crippen LogP contribution in [0.15, 0.2) is 0 Å². The standard InChI is InChI=1S/C11H19NO/c1-12-8-6-11(7-9-12)4-2-10(13)3-5-11/h2-9H2,1H3. The Hall–Kier alpha value is -0.370. The lowest BCUT2D eigenvalue weighted by Crippen LogP contribution is -2.40. The fourth-order valence-electron chi connectivity index (χ4n) is 2.65. The fourth-order valence-corrected chi connectivity index (χ4v) is 2.65. The maximum absolute atomic E-state index is 11.1. The van der Waals surface area contributed by atoms with E-state index in [0.29, 0.717) is 11.2 Å². The van der Waals surface area contributed by atoms with Crippen molar-refractivity contribution < 1.29 is 4.79 Å². The monoisotopic (exact) mass is 181 g/mol. The van der Waals surface area contributed by atoms with E-state index < -0.39 is 0 Å². The molecule has 0 aromatic rings. The second-order valence-electron chi connectivity index (χ2n) is 4.84. The maximum atomic E-state index is 11.1. The quantitative estimate of drug-likeness (QED) is 0.568. The molecule has 0 aromatic heterocycles. The number of nitrogens with zero attached hydrogens (tertiary/aromatic N) is 1. The van der Waals surface area contributed by atoms with Gasteiger partial charge in [-0.1, -0.05) is 0 Å². The van der Waals surface area contributed by atoms with Gasteiger partial charge < -0.3 is 4.90 Å². The van der Waals surface area contributed by atoms with Crippen molar-refractivity contribution in [1.29, 1.82) is 0 Å². The number of carbonyl (C=O) groups excluding carboxylic acids is 1. The summed E-state index contributed by atoms with van der Waals surface area (Å²) < 4.78 is 0. The van der Waals surface area contributed by atoms with Crippen LogP contribution in [-0.4, -0.2) is 30.8 Å². The highest BCUT2D eigenvalue weighted by molar-refractivity contribution is 5.79. The molecule has 0 amide bonds. The first kappa shape index (κ1) is 9.20. The molecule has 0 N–H and O–H groups in total. The minimum atomic E-state index is 0.490. The van der Waals surface area contributed by atoms with Crippen molar-refractivity contribution in [2.45, 2.75) is 38.5 Å².